The van der Waals surface area contributed by atoms with Crippen molar-refractivity contribution in [2.75, 3.05) is 23.3 Å². The van der Waals surface area contributed by atoms with E-state index in [9.17, 15) is 9.59 Å². The number of carbonyl (C=O) groups is 1. The molecule has 2 N–H and O–H groups in total. The summed E-state index contributed by atoms with van der Waals surface area (Å²) in [5.74, 6) is 0.399. The number of carbonyl (C=O) groups excluding carboxylic acids is 1. The zero-order valence-corrected chi connectivity index (χ0v) is 14.3. The molecule has 0 radical (unpaired) electrons. The molecule has 1 aliphatic rings. The van der Waals surface area contributed by atoms with E-state index in [2.05, 4.69) is 15.3 Å². The van der Waals surface area contributed by atoms with Gasteiger partial charge in [-0.25, -0.2) is 4.98 Å². The number of rotatable bonds is 3. The standard InChI is InChI=1S/C20H20N4O2/c25-18(21-15-8-2-1-3-9-15)14-7-6-12-24(13-14)20-22-17-11-5-4-10-16(17)19(26)23-20/h1-5,8-11,14H,6-7,12-13H2,(H,21,25)(H,22,23,26). The minimum absolute atomic E-state index is 0.00374. The lowest BCUT2D eigenvalue weighted by Crippen LogP contribution is -2.42. The molecule has 3 aromatic rings. The van der Waals surface area contributed by atoms with Crippen molar-refractivity contribution in [3.63, 3.8) is 0 Å². The second-order valence-corrected chi connectivity index (χ2v) is 6.55. The Kier molecular flexibility index (Phi) is 4.39. The van der Waals surface area contributed by atoms with Gasteiger partial charge >= 0.3 is 0 Å². The van der Waals surface area contributed by atoms with E-state index in [1.807, 2.05) is 53.4 Å². The zero-order chi connectivity index (χ0) is 17.9. The van der Waals surface area contributed by atoms with Gasteiger partial charge in [0.1, 0.15) is 0 Å². The number of H-pyrrole nitrogens is 1. The number of anilines is 2. The predicted octanol–water partition coefficient (Wildman–Crippen LogP) is 2.78. The second kappa shape index (κ2) is 7.00. The van der Waals surface area contributed by atoms with Crippen LogP contribution in [0.4, 0.5) is 11.6 Å². The molecule has 6 heteroatoms. The summed E-state index contributed by atoms with van der Waals surface area (Å²) in [7, 11) is 0. The van der Waals surface area contributed by atoms with Crippen LogP contribution in [0.5, 0.6) is 0 Å². The van der Waals surface area contributed by atoms with Crippen LogP contribution in [0, 0.1) is 5.92 Å². The lowest BCUT2D eigenvalue weighted by Gasteiger charge is -2.32. The van der Waals surface area contributed by atoms with E-state index < -0.39 is 0 Å². The fraction of sp³-hybridized carbons (Fsp3) is 0.250. The number of nitrogens with one attached hydrogen (secondary N) is 2. The highest BCUT2D eigenvalue weighted by Gasteiger charge is 2.27. The van der Waals surface area contributed by atoms with Gasteiger partial charge in [0.15, 0.2) is 0 Å². The molecule has 4 rings (SSSR count). The monoisotopic (exact) mass is 348 g/mol. The summed E-state index contributed by atoms with van der Waals surface area (Å²) < 4.78 is 0. The number of fused-ring (bicyclic) bond motifs is 1. The Morgan fingerprint density at radius 3 is 2.73 bits per heavy atom. The minimum Gasteiger partial charge on any atom is -0.342 e. The van der Waals surface area contributed by atoms with Crippen LogP contribution in [0.25, 0.3) is 10.9 Å². The molecule has 2 heterocycles. The van der Waals surface area contributed by atoms with Crippen molar-refractivity contribution in [2.24, 2.45) is 5.92 Å². The van der Waals surface area contributed by atoms with Crippen LogP contribution in [0.3, 0.4) is 0 Å². The number of piperidine rings is 1. The highest BCUT2D eigenvalue weighted by atomic mass is 16.2. The summed E-state index contributed by atoms with van der Waals surface area (Å²) in [4.78, 5) is 34.3. The Labute approximate surface area is 150 Å². The van der Waals surface area contributed by atoms with Gasteiger partial charge in [0.2, 0.25) is 11.9 Å². The van der Waals surface area contributed by atoms with Crippen molar-refractivity contribution in [3.05, 3.63) is 65.0 Å². The highest BCUT2D eigenvalue weighted by Crippen LogP contribution is 2.22. The van der Waals surface area contributed by atoms with E-state index in [0.717, 1.165) is 25.1 Å². The molecule has 2 aromatic carbocycles. The summed E-state index contributed by atoms with van der Waals surface area (Å²) in [5, 5.41) is 3.54. The Morgan fingerprint density at radius 2 is 1.88 bits per heavy atom. The first-order valence-electron chi connectivity index (χ1n) is 8.80. The Bertz CT molecular complexity index is 984. The third-order valence-electron chi connectivity index (χ3n) is 4.73. The Morgan fingerprint density at radius 1 is 1.12 bits per heavy atom. The molecule has 1 fully saturated rings. The first-order chi connectivity index (χ1) is 12.7. The lowest BCUT2D eigenvalue weighted by molar-refractivity contribution is -0.120. The molecule has 26 heavy (non-hydrogen) atoms. The average Bonchev–Trinajstić information content (AvgIpc) is 2.69. The van der Waals surface area contributed by atoms with Crippen LogP contribution in [-0.4, -0.2) is 29.0 Å². The van der Waals surface area contributed by atoms with Crippen molar-refractivity contribution in [3.8, 4) is 0 Å². The van der Waals surface area contributed by atoms with Crippen molar-refractivity contribution >= 4 is 28.4 Å². The van der Waals surface area contributed by atoms with Gasteiger partial charge in [0.05, 0.1) is 16.8 Å². The van der Waals surface area contributed by atoms with Gasteiger partial charge in [0.25, 0.3) is 5.56 Å². The van der Waals surface area contributed by atoms with Crippen LogP contribution in [0.1, 0.15) is 12.8 Å². The SMILES string of the molecule is O=C(Nc1ccccc1)C1CCCN(c2nc3ccccc3c(=O)[nH]2)C1. The second-order valence-electron chi connectivity index (χ2n) is 6.55. The zero-order valence-electron chi connectivity index (χ0n) is 14.3. The molecule has 0 aliphatic carbocycles. The van der Waals surface area contributed by atoms with E-state index >= 15 is 0 Å². The molecule has 1 aliphatic heterocycles. The van der Waals surface area contributed by atoms with Crippen molar-refractivity contribution in [1.29, 1.82) is 0 Å². The van der Waals surface area contributed by atoms with Crippen molar-refractivity contribution in [2.45, 2.75) is 12.8 Å². The molecular formula is C20H20N4O2. The summed E-state index contributed by atoms with van der Waals surface area (Å²) in [5.41, 5.74) is 1.32. The van der Waals surface area contributed by atoms with Crippen molar-refractivity contribution < 1.29 is 4.79 Å². The Balaban J connectivity index is 1.53. The van der Waals surface area contributed by atoms with Gasteiger partial charge < -0.3 is 10.2 Å². The fourth-order valence-corrected chi connectivity index (χ4v) is 3.37. The van der Waals surface area contributed by atoms with E-state index in [0.29, 0.717) is 23.4 Å². The maximum Gasteiger partial charge on any atom is 0.260 e. The molecular weight excluding hydrogens is 328 g/mol. The number of para-hydroxylation sites is 2. The van der Waals surface area contributed by atoms with Gasteiger partial charge in [-0.2, -0.15) is 0 Å². The molecule has 0 spiro atoms. The van der Waals surface area contributed by atoms with E-state index in [1.165, 1.54) is 0 Å². The normalized spacial score (nSPS) is 17.2. The maximum absolute atomic E-state index is 12.6. The van der Waals surface area contributed by atoms with E-state index in [4.69, 9.17) is 0 Å². The quantitative estimate of drug-likeness (QED) is 0.763. The van der Waals surface area contributed by atoms with Crippen molar-refractivity contribution in [1.82, 2.24) is 9.97 Å². The molecule has 1 saturated heterocycles. The minimum atomic E-state index is -0.151. The van der Waals surface area contributed by atoms with Crippen LogP contribution < -0.4 is 15.8 Å². The van der Waals surface area contributed by atoms with Crippen LogP contribution in [-0.2, 0) is 4.79 Å². The molecule has 1 unspecified atom stereocenters. The van der Waals surface area contributed by atoms with Gasteiger partial charge in [-0.3, -0.25) is 14.6 Å². The van der Waals surface area contributed by atoms with Gasteiger partial charge in [-0.05, 0) is 37.1 Å². The third kappa shape index (κ3) is 3.31. The lowest BCUT2D eigenvalue weighted by atomic mass is 9.97. The number of hydrogen-bond donors (Lipinski definition) is 2. The predicted molar refractivity (Wildman–Crippen MR) is 102 cm³/mol. The number of hydrogen-bond acceptors (Lipinski definition) is 4. The van der Waals surface area contributed by atoms with E-state index in [-0.39, 0.29) is 17.4 Å². The first-order valence-corrected chi connectivity index (χ1v) is 8.80. The number of aromatic amines is 1. The highest BCUT2D eigenvalue weighted by molar-refractivity contribution is 5.93. The van der Waals surface area contributed by atoms with Gasteiger partial charge in [-0.1, -0.05) is 30.3 Å². The van der Waals surface area contributed by atoms with Crippen LogP contribution in [0.15, 0.2) is 59.4 Å². The summed E-state index contributed by atoms with van der Waals surface area (Å²) in [6.45, 7) is 1.32. The molecule has 132 valence electrons. The van der Waals surface area contributed by atoms with Crippen LogP contribution in [0.2, 0.25) is 0 Å². The number of aromatic nitrogens is 2. The first kappa shape index (κ1) is 16.3. The molecule has 0 saturated carbocycles. The number of amides is 1. The molecule has 1 amide bonds. The third-order valence-corrected chi connectivity index (χ3v) is 4.73. The van der Waals surface area contributed by atoms with Crippen LogP contribution >= 0.6 is 0 Å². The smallest absolute Gasteiger partial charge is 0.260 e. The fourth-order valence-electron chi connectivity index (χ4n) is 3.37. The Hall–Kier alpha value is -3.15. The topological polar surface area (TPSA) is 78.1 Å². The van der Waals surface area contributed by atoms with Gasteiger partial charge in [-0.15, -0.1) is 0 Å². The largest absolute Gasteiger partial charge is 0.342 e. The molecule has 1 aromatic heterocycles. The average molecular weight is 348 g/mol. The maximum atomic E-state index is 12.6. The molecule has 1 atom stereocenters. The summed E-state index contributed by atoms with van der Waals surface area (Å²) in [6.07, 6.45) is 1.70. The van der Waals surface area contributed by atoms with E-state index in [1.54, 1.807) is 6.07 Å². The number of nitrogens with zero attached hydrogens (tertiary/aromatic N) is 2. The summed E-state index contributed by atoms with van der Waals surface area (Å²) >= 11 is 0. The molecule has 0 bridgehead atoms. The molecule has 6 nitrogen and oxygen atoms in total. The van der Waals surface area contributed by atoms with Gasteiger partial charge in [0, 0.05) is 18.8 Å². The summed E-state index contributed by atoms with van der Waals surface area (Å²) in [6, 6.07) is 16.7. The number of benzene rings is 2.